The standard InChI is InChI=1S/C14H19N3OS/c1-3-4-11-5-7-12(8-6-11)13(15)9-19-14-17-16-10(2)18-14/h5-8,13H,3-4,9,15H2,1-2H3. The van der Waals surface area contributed by atoms with Crippen LogP contribution >= 0.6 is 11.8 Å². The average molecular weight is 277 g/mol. The molecule has 1 aromatic carbocycles. The van der Waals surface area contributed by atoms with E-state index in [0.717, 1.165) is 24.2 Å². The molecule has 1 unspecified atom stereocenters. The molecule has 102 valence electrons. The van der Waals surface area contributed by atoms with Crippen LogP contribution in [-0.4, -0.2) is 16.0 Å². The first-order chi connectivity index (χ1) is 9.19. The molecule has 0 spiro atoms. The van der Waals surface area contributed by atoms with Crippen molar-refractivity contribution in [3.05, 3.63) is 41.3 Å². The van der Waals surface area contributed by atoms with E-state index in [-0.39, 0.29) is 6.04 Å². The molecule has 19 heavy (non-hydrogen) atoms. The summed E-state index contributed by atoms with van der Waals surface area (Å²) in [7, 11) is 0. The van der Waals surface area contributed by atoms with Crippen molar-refractivity contribution in [1.82, 2.24) is 10.2 Å². The van der Waals surface area contributed by atoms with Crippen molar-refractivity contribution >= 4 is 11.8 Å². The normalized spacial score (nSPS) is 12.6. The summed E-state index contributed by atoms with van der Waals surface area (Å²) < 4.78 is 5.31. The molecular formula is C14H19N3OS. The maximum atomic E-state index is 6.16. The summed E-state index contributed by atoms with van der Waals surface area (Å²) in [5.74, 6) is 1.31. The second kappa shape index (κ2) is 6.73. The van der Waals surface area contributed by atoms with Crippen molar-refractivity contribution in [3.63, 3.8) is 0 Å². The van der Waals surface area contributed by atoms with Crippen LogP contribution < -0.4 is 5.73 Å². The van der Waals surface area contributed by atoms with Crippen LogP contribution in [0.2, 0.25) is 0 Å². The molecule has 2 aromatic rings. The third-order valence-electron chi connectivity index (χ3n) is 2.84. The Hall–Kier alpha value is -1.33. The number of nitrogens with two attached hydrogens (primary N) is 1. The van der Waals surface area contributed by atoms with Gasteiger partial charge in [0.2, 0.25) is 5.89 Å². The van der Waals surface area contributed by atoms with E-state index in [9.17, 15) is 0 Å². The van der Waals surface area contributed by atoms with E-state index in [0.29, 0.717) is 11.1 Å². The molecule has 5 heteroatoms. The Morgan fingerprint density at radius 2 is 2.00 bits per heavy atom. The Bertz CT molecular complexity index is 510. The monoisotopic (exact) mass is 277 g/mol. The minimum absolute atomic E-state index is 0.0205. The molecular weight excluding hydrogens is 258 g/mol. The summed E-state index contributed by atoms with van der Waals surface area (Å²) >= 11 is 1.49. The lowest BCUT2D eigenvalue weighted by atomic mass is 10.0. The minimum atomic E-state index is -0.0205. The largest absolute Gasteiger partial charge is 0.416 e. The van der Waals surface area contributed by atoms with Gasteiger partial charge in [-0.2, -0.15) is 0 Å². The fraction of sp³-hybridized carbons (Fsp3) is 0.429. The lowest BCUT2D eigenvalue weighted by Gasteiger charge is -2.11. The zero-order valence-corrected chi connectivity index (χ0v) is 12.1. The highest BCUT2D eigenvalue weighted by Crippen LogP contribution is 2.22. The molecule has 0 fully saturated rings. The van der Waals surface area contributed by atoms with E-state index in [1.54, 1.807) is 6.92 Å². The van der Waals surface area contributed by atoms with Gasteiger partial charge in [0.05, 0.1) is 0 Å². The highest BCUT2D eigenvalue weighted by molar-refractivity contribution is 7.99. The molecule has 1 heterocycles. The van der Waals surface area contributed by atoms with Crippen LogP contribution in [0.3, 0.4) is 0 Å². The minimum Gasteiger partial charge on any atom is -0.416 e. The van der Waals surface area contributed by atoms with Gasteiger partial charge in [0.1, 0.15) is 0 Å². The number of benzene rings is 1. The van der Waals surface area contributed by atoms with Crippen molar-refractivity contribution in [2.24, 2.45) is 5.73 Å². The highest BCUT2D eigenvalue weighted by atomic mass is 32.2. The van der Waals surface area contributed by atoms with Crippen LogP contribution in [0.4, 0.5) is 0 Å². The smallest absolute Gasteiger partial charge is 0.276 e. The summed E-state index contributed by atoms with van der Waals surface area (Å²) in [5, 5.41) is 8.31. The molecule has 0 aliphatic carbocycles. The fourth-order valence-corrected chi connectivity index (χ4v) is 2.61. The van der Waals surface area contributed by atoms with Gasteiger partial charge in [-0.25, -0.2) is 0 Å². The first kappa shape index (κ1) is 14.1. The number of nitrogens with zero attached hydrogens (tertiary/aromatic N) is 2. The molecule has 1 atom stereocenters. The summed E-state index contributed by atoms with van der Waals surface area (Å²) in [6, 6.07) is 8.50. The Balaban J connectivity index is 1.90. The van der Waals surface area contributed by atoms with E-state index in [1.807, 2.05) is 0 Å². The van der Waals surface area contributed by atoms with Crippen LogP contribution in [0.15, 0.2) is 33.9 Å². The topological polar surface area (TPSA) is 64.9 Å². The molecule has 0 amide bonds. The van der Waals surface area contributed by atoms with Crippen LogP contribution in [0.25, 0.3) is 0 Å². The van der Waals surface area contributed by atoms with Crippen LogP contribution in [-0.2, 0) is 6.42 Å². The number of aromatic nitrogens is 2. The average Bonchev–Trinajstić information content (AvgIpc) is 2.83. The lowest BCUT2D eigenvalue weighted by molar-refractivity contribution is 0.429. The van der Waals surface area contributed by atoms with Gasteiger partial charge in [0.25, 0.3) is 5.22 Å². The SMILES string of the molecule is CCCc1ccc(C(N)CSc2nnc(C)o2)cc1. The molecule has 0 radical (unpaired) electrons. The zero-order chi connectivity index (χ0) is 13.7. The van der Waals surface area contributed by atoms with E-state index in [1.165, 1.54) is 17.3 Å². The first-order valence-corrected chi connectivity index (χ1v) is 7.45. The van der Waals surface area contributed by atoms with Crippen LogP contribution in [0.5, 0.6) is 0 Å². The number of aryl methyl sites for hydroxylation is 2. The Labute approximate surface area is 117 Å². The molecule has 0 aliphatic rings. The second-order valence-corrected chi connectivity index (χ2v) is 5.47. The van der Waals surface area contributed by atoms with Gasteiger partial charge in [-0.3, -0.25) is 0 Å². The summed E-state index contributed by atoms with van der Waals surface area (Å²) in [4.78, 5) is 0. The van der Waals surface area contributed by atoms with Crippen molar-refractivity contribution in [2.45, 2.75) is 38.0 Å². The summed E-state index contributed by atoms with van der Waals surface area (Å²) in [6.07, 6.45) is 2.28. The van der Waals surface area contributed by atoms with Crippen molar-refractivity contribution in [1.29, 1.82) is 0 Å². The maximum absolute atomic E-state index is 6.16. The fourth-order valence-electron chi connectivity index (χ4n) is 1.81. The summed E-state index contributed by atoms with van der Waals surface area (Å²) in [5.41, 5.74) is 8.67. The third kappa shape index (κ3) is 4.08. The van der Waals surface area contributed by atoms with Gasteiger partial charge in [0.15, 0.2) is 0 Å². The molecule has 2 rings (SSSR count). The van der Waals surface area contributed by atoms with Crippen molar-refractivity contribution in [2.75, 3.05) is 5.75 Å². The van der Waals surface area contributed by atoms with Crippen LogP contribution in [0, 0.1) is 6.92 Å². The maximum Gasteiger partial charge on any atom is 0.276 e. The Kier molecular flexibility index (Phi) is 4.99. The predicted octanol–water partition coefficient (Wildman–Crippen LogP) is 3.12. The van der Waals surface area contributed by atoms with Gasteiger partial charge >= 0.3 is 0 Å². The number of rotatable bonds is 6. The second-order valence-electron chi connectivity index (χ2n) is 4.50. The van der Waals surface area contributed by atoms with Crippen LogP contribution in [0.1, 0.15) is 36.4 Å². The summed E-state index contributed by atoms with van der Waals surface area (Å²) in [6.45, 7) is 3.96. The van der Waals surface area contributed by atoms with Gasteiger partial charge in [-0.15, -0.1) is 10.2 Å². The molecule has 4 nitrogen and oxygen atoms in total. The lowest BCUT2D eigenvalue weighted by Crippen LogP contribution is -2.12. The first-order valence-electron chi connectivity index (χ1n) is 6.46. The Morgan fingerprint density at radius 3 is 2.58 bits per heavy atom. The van der Waals surface area contributed by atoms with Gasteiger partial charge in [-0.05, 0) is 17.5 Å². The van der Waals surface area contributed by atoms with E-state index >= 15 is 0 Å². The molecule has 2 N–H and O–H groups in total. The molecule has 0 aliphatic heterocycles. The highest BCUT2D eigenvalue weighted by Gasteiger charge is 2.10. The van der Waals surface area contributed by atoms with E-state index in [2.05, 4.69) is 41.4 Å². The molecule has 0 saturated carbocycles. The van der Waals surface area contributed by atoms with Gasteiger partial charge in [0, 0.05) is 18.7 Å². The van der Waals surface area contributed by atoms with Gasteiger partial charge in [-0.1, -0.05) is 49.4 Å². The number of hydrogen-bond donors (Lipinski definition) is 1. The van der Waals surface area contributed by atoms with E-state index < -0.39 is 0 Å². The quantitative estimate of drug-likeness (QED) is 0.822. The van der Waals surface area contributed by atoms with Crippen molar-refractivity contribution < 1.29 is 4.42 Å². The number of hydrogen-bond acceptors (Lipinski definition) is 5. The third-order valence-corrected chi connectivity index (χ3v) is 3.78. The molecule has 0 bridgehead atoms. The molecule has 1 aromatic heterocycles. The zero-order valence-electron chi connectivity index (χ0n) is 11.3. The van der Waals surface area contributed by atoms with Gasteiger partial charge < -0.3 is 10.2 Å². The van der Waals surface area contributed by atoms with E-state index in [4.69, 9.17) is 10.2 Å². The Morgan fingerprint density at radius 1 is 1.26 bits per heavy atom. The van der Waals surface area contributed by atoms with Crippen molar-refractivity contribution in [3.8, 4) is 0 Å². The number of thioether (sulfide) groups is 1. The predicted molar refractivity (Wildman–Crippen MR) is 77.1 cm³/mol. The molecule has 0 saturated heterocycles.